The molecule has 1 fully saturated rings. The highest BCUT2D eigenvalue weighted by molar-refractivity contribution is 5.92. The molecule has 2 rings (SSSR count). The van der Waals surface area contributed by atoms with Crippen LogP contribution in [0.3, 0.4) is 0 Å². The molecule has 0 aromatic heterocycles. The van der Waals surface area contributed by atoms with E-state index in [1.165, 1.54) is 11.0 Å². The van der Waals surface area contributed by atoms with Crippen LogP contribution in [0.25, 0.3) is 6.08 Å². The second-order valence-electron chi connectivity index (χ2n) is 4.64. The Hall–Kier alpha value is -2.14. The highest BCUT2D eigenvalue weighted by atomic mass is 16.5. The van der Waals surface area contributed by atoms with Gasteiger partial charge in [0.1, 0.15) is 0 Å². The van der Waals surface area contributed by atoms with E-state index >= 15 is 0 Å². The third-order valence-corrected chi connectivity index (χ3v) is 3.14. The van der Waals surface area contributed by atoms with Crippen molar-refractivity contribution in [2.45, 2.75) is 0 Å². The summed E-state index contributed by atoms with van der Waals surface area (Å²) in [4.78, 5) is 24.6. The maximum absolute atomic E-state index is 12.1. The average molecular weight is 275 g/mol. The van der Waals surface area contributed by atoms with E-state index < -0.39 is 11.9 Å². The SMILES string of the molecule is O=C(O)C1COCCN(C(=O)C=Cc2ccccc2)C1. The van der Waals surface area contributed by atoms with E-state index in [2.05, 4.69) is 0 Å². The first kappa shape index (κ1) is 14.3. The van der Waals surface area contributed by atoms with Gasteiger partial charge in [-0.05, 0) is 11.6 Å². The fourth-order valence-corrected chi connectivity index (χ4v) is 2.00. The summed E-state index contributed by atoms with van der Waals surface area (Å²) in [5.74, 6) is -1.78. The summed E-state index contributed by atoms with van der Waals surface area (Å²) in [6.45, 7) is 1.13. The summed E-state index contributed by atoms with van der Waals surface area (Å²) in [6.07, 6.45) is 3.20. The van der Waals surface area contributed by atoms with Crippen molar-refractivity contribution in [3.8, 4) is 0 Å². The topological polar surface area (TPSA) is 66.8 Å². The molecule has 1 amide bonds. The number of amides is 1. The molecule has 1 unspecified atom stereocenters. The first-order valence-electron chi connectivity index (χ1n) is 6.49. The number of carboxylic acid groups (broad SMARTS) is 1. The Labute approximate surface area is 117 Å². The van der Waals surface area contributed by atoms with Crippen molar-refractivity contribution in [2.75, 3.05) is 26.3 Å². The number of carboxylic acids is 1. The van der Waals surface area contributed by atoms with E-state index in [0.717, 1.165) is 5.56 Å². The quantitative estimate of drug-likeness (QED) is 0.843. The van der Waals surface area contributed by atoms with Gasteiger partial charge in [-0.15, -0.1) is 0 Å². The standard InChI is InChI=1S/C15H17NO4/c17-14(7-6-12-4-2-1-3-5-12)16-8-9-20-11-13(10-16)15(18)19/h1-7,13H,8-11H2,(H,18,19). The van der Waals surface area contributed by atoms with Crippen molar-refractivity contribution in [1.82, 2.24) is 4.90 Å². The van der Waals surface area contributed by atoms with E-state index in [9.17, 15) is 9.59 Å². The number of carbonyl (C=O) groups excluding carboxylic acids is 1. The van der Waals surface area contributed by atoms with Crippen molar-refractivity contribution in [1.29, 1.82) is 0 Å². The Morgan fingerprint density at radius 3 is 2.75 bits per heavy atom. The van der Waals surface area contributed by atoms with Gasteiger partial charge in [-0.2, -0.15) is 0 Å². The number of nitrogens with zero attached hydrogens (tertiary/aromatic N) is 1. The minimum Gasteiger partial charge on any atom is -0.481 e. The zero-order chi connectivity index (χ0) is 14.4. The molecule has 0 spiro atoms. The van der Waals surface area contributed by atoms with Crippen LogP contribution in [0.15, 0.2) is 36.4 Å². The molecule has 5 heteroatoms. The zero-order valence-corrected chi connectivity index (χ0v) is 11.1. The van der Waals surface area contributed by atoms with Crippen LogP contribution in [0.4, 0.5) is 0 Å². The van der Waals surface area contributed by atoms with Crippen LogP contribution in [0, 0.1) is 5.92 Å². The molecule has 1 aromatic rings. The summed E-state index contributed by atoms with van der Waals surface area (Å²) in [5.41, 5.74) is 0.932. The van der Waals surface area contributed by atoms with Crippen molar-refractivity contribution in [3.63, 3.8) is 0 Å². The van der Waals surface area contributed by atoms with Gasteiger partial charge in [0.2, 0.25) is 5.91 Å². The molecule has 5 nitrogen and oxygen atoms in total. The average Bonchev–Trinajstić information content (AvgIpc) is 2.72. The van der Waals surface area contributed by atoms with Crippen LogP contribution in [0.1, 0.15) is 5.56 Å². The van der Waals surface area contributed by atoms with E-state index in [1.807, 2.05) is 30.3 Å². The first-order chi connectivity index (χ1) is 9.66. The lowest BCUT2D eigenvalue weighted by Gasteiger charge is -2.20. The van der Waals surface area contributed by atoms with Crippen molar-refractivity contribution < 1.29 is 19.4 Å². The van der Waals surface area contributed by atoms with Gasteiger partial charge in [0.05, 0.1) is 19.1 Å². The molecule has 0 bridgehead atoms. The summed E-state index contributed by atoms with van der Waals surface area (Å²) < 4.78 is 5.21. The molecular weight excluding hydrogens is 258 g/mol. The van der Waals surface area contributed by atoms with Gasteiger partial charge >= 0.3 is 5.97 Å². The van der Waals surface area contributed by atoms with E-state index in [0.29, 0.717) is 13.2 Å². The maximum Gasteiger partial charge on any atom is 0.310 e. The fraction of sp³-hybridized carbons (Fsp3) is 0.333. The van der Waals surface area contributed by atoms with E-state index in [-0.39, 0.29) is 19.1 Å². The third-order valence-electron chi connectivity index (χ3n) is 3.14. The number of ether oxygens (including phenoxy) is 1. The smallest absolute Gasteiger partial charge is 0.310 e. The van der Waals surface area contributed by atoms with E-state index in [4.69, 9.17) is 9.84 Å². The minimum atomic E-state index is -0.934. The van der Waals surface area contributed by atoms with Crippen LogP contribution in [-0.2, 0) is 14.3 Å². The van der Waals surface area contributed by atoms with Gasteiger partial charge in [0, 0.05) is 19.2 Å². The van der Waals surface area contributed by atoms with Crippen LogP contribution in [0.5, 0.6) is 0 Å². The Bertz CT molecular complexity index is 498. The van der Waals surface area contributed by atoms with Crippen LogP contribution < -0.4 is 0 Å². The lowest BCUT2D eigenvalue weighted by molar-refractivity contribution is -0.144. The largest absolute Gasteiger partial charge is 0.481 e. The number of hydrogen-bond donors (Lipinski definition) is 1. The minimum absolute atomic E-state index is 0.154. The summed E-state index contributed by atoms with van der Waals surface area (Å²) in [7, 11) is 0. The number of hydrogen-bond acceptors (Lipinski definition) is 3. The summed E-state index contributed by atoms with van der Waals surface area (Å²) in [5, 5.41) is 9.03. The third kappa shape index (κ3) is 3.93. The molecule has 1 aromatic carbocycles. The van der Waals surface area contributed by atoms with Crippen LogP contribution >= 0.6 is 0 Å². The monoisotopic (exact) mass is 275 g/mol. The lowest BCUT2D eigenvalue weighted by atomic mass is 10.1. The molecule has 1 saturated heterocycles. The highest BCUT2D eigenvalue weighted by Gasteiger charge is 2.26. The lowest BCUT2D eigenvalue weighted by Crippen LogP contribution is -2.37. The van der Waals surface area contributed by atoms with Crippen LogP contribution in [0.2, 0.25) is 0 Å². The first-order valence-corrected chi connectivity index (χ1v) is 6.49. The maximum atomic E-state index is 12.1. The Kier molecular flexibility index (Phi) is 4.90. The Morgan fingerprint density at radius 2 is 2.05 bits per heavy atom. The number of rotatable bonds is 3. The summed E-state index contributed by atoms with van der Waals surface area (Å²) in [6, 6.07) is 9.49. The van der Waals surface area contributed by atoms with E-state index in [1.54, 1.807) is 6.08 Å². The molecule has 1 N–H and O–H groups in total. The zero-order valence-electron chi connectivity index (χ0n) is 11.1. The van der Waals surface area contributed by atoms with Gasteiger partial charge < -0.3 is 14.7 Å². The number of aliphatic carboxylic acids is 1. The van der Waals surface area contributed by atoms with Gasteiger partial charge in [0.25, 0.3) is 0 Å². The molecule has 106 valence electrons. The Morgan fingerprint density at radius 1 is 1.30 bits per heavy atom. The van der Waals surface area contributed by atoms with Gasteiger partial charge in [-0.3, -0.25) is 9.59 Å². The van der Waals surface area contributed by atoms with Gasteiger partial charge in [-0.1, -0.05) is 30.3 Å². The number of carbonyl (C=O) groups is 2. The normalized spacial score (nSPS) is 19.8. The van der Waals surface area contributed by atoms with Gasteiger partial charge in [-0.25, -0.2) is 0 Å². The molecule has 1 atom stereocenters. The van der Waals surface area contributed by atoms with Crippen molar-refractivity contribution in [2.24, 2.45) is 5.92 Å². The number of benzene rings is 1. The summed E-state index contributed by atoms with van der Waals surface area (Å²) >= 11 is 0. The predicted octanol–water partition coefficient (Wildman–Crippen LogP) is 1.26. The molecular formula is C15H17NO4. The molecule has 0 saturated carbocycles. The second kappa shape index (κ2) is 6.86. The fourth-order valence-electron chi connectivity index (χ4n) is 2.00. The Balaban J connectivity index is 2.00. The second-order valence-corrected chi connectivity index (χ2v) is 4.64. The van der Waals surface area contributed by atoms with Crippen LogP contribution in [-0.4, -0.2) is 48.2 Å². The molecule has 20 heavy (non-hydrogen) atoms. The van der Waals surface area contributed by atoms with Crippen molar-refractivity contribution in [3.05, 3.63) is 42.0 Å². The molecule has 0 radical (unpaired) electrons. The molecule has 0 aliphatic carbocycles. The highest BCUT2D eigenvalue weighted by Crippen LogP contribution is 2.09. The predicted molar refractivity (Wildman–Crippen MR) is 74.0 cm³/mol. The molecule has 1 aliphatic heterocycles. The van der Waals surface area contributed by atoms with Gasteiger partial charge in [0.15, 0.2) is 0 Å². The molecule has 1 aliphatic rings. The van der Waals surface area contributed by atoms with Crippen molar-refractivity contribution >= 4 is 18.0 Å². The molecule has 1 heterocycles.